The second-order valence-corrected chi connectivity index (χ2v) is 4.89. The predicted molar refractivity (Wildman–Crippen MR) is 74.7 cm³/mol. The van der Waals surface area contributed by atoms with E-state index in [4.69, 9.17) is 4.74 Å². The zero-order chi connectivity index (χ0) is 13.8. The van der Waals surface area contributed by atoms with Gasteiger partial charge in [-0.15, -0.1) is 0 Å². The second-order valence-electron chi connectivity index (χ2n) is 4.89. The molecular weight excluding hydrogens is 242 g/mol. The van der Waals surface area contributed by atoms with Crippen LogP contribution in [0.3, 0.4) is 0 Å². The molecule has 0 radical (unpaired) electrons. The van der Waals surface area contributed by atoms with Crippen LogP contribution in [0.1, 0.15) is 26.8 Å². The number of anilines is 1. The molecule has 2 rings (SSSR count). The second kappa shape index (κ2) is 5.88. The Balaban J connectivity index is 2.18. The molecule has 0 saturated heterocycles. The van der Waals surface area contributed by atoms with Crippen molar-refractivity contribution >= 4 is 5.95 Å². The zero-order valence-corrected chi connectivity index (χ0v) is 11.9. The fourth-order valence-corrected chi connectivity index (χ4v) is 1.87. The highest BCUT2D eigenvalue weighted by molar-refractivity contribution is 5.39. The van der Waals surface area contributed by atoms with E-state index in [1.54, 1.807) is 13.3 Å². The van der Waals surface area contributed by atoms with E-state index in [9.17, 15) is 0 Å². The molecule has 1 atom stereocenters. The molecule has 0 aliphatic rings. The van der Waals surface area contributed by atoms with Crippen LogP contribution in [-0.4, -0.2) is 39.1 Å². The standard InChI is InChI=1S/C13H21N5O/c1-10(2)18-8-12(7-15-18)17-6-5-14-13(17)16-11(3)9-19-4/h5-8,10-11H,9H2,1-4H3,(H,14,16). The van der Waals surface area contributed by atoms with Crippen LogP contribution in [0.15, 0.2) is 24.8 Å². The number of nitrogens with zero attached hydrogens (tertiary/aromatic N) is 4. The fraction of sp³-hybridized carbons (Fsp3) is 0.538. The normalized spacial score (nSPS) is 12.9. The Morgan fingerprint density at radius 1 is 1.37 bits per heavy atom. The lowest BCUT2D eigenvalue weighted by atomic mass is 10.4. The Kier molecular flexibility index (Phi) is 4.21. The molecule has 0 spiro atoms. The highest BCUT2D eigenvalue weighted by atomic mass is 16.5. The van der Waals surface area contributed by atoms with Crippen LogP contribution in [0.25, 0.3) is 5.69 Å². The molecule has 1 N–H and O–H groups in total. The van der Waals surface area contributed by atoms with E-state index in [1.807, 2.05) is 27.8 Å². The van der Waals surface area contributed by atoms with Crippen molar-refractivity contribution in [3.8, 4) is 5.69 Å². The maximum Gasteiger partial charge on any atom is 0.207 e. The summed E-state index contributed by atoms with van der Waals surface area (Å²) in [6.45, 7) is 6.90. The van der Waals surface area contributed by atoms with E-state index in [2.05, 4.69) is 36.2 Å². The van der Waals surface area contributed by atoms with Gasteiger partial charge in [0, 0.05) is 37.8 Å². The number of imidazole rings is 1. The van der Waals surface area contributed by atoms with Gasteiger partial charge in [0.15, 0.2) is 0 Å². The lowest BCUT2D eigenvalue weighted by Gasteiger charge is -2.14. The van der Waals surface area contributed by atoms with E-state index < -0.39 is 0 Å². The van der Waals surface area contributed by atoms with Crippen molar-refractivity contribution in [3.63, 3.8) is 0 Å². The molecule has 2 aromatic rings. The summed E-state index contributed by atoms with van der Waals surface area (Å²) in [6, 6.07) is 0.549. The van der Waals surface area contributed by atoms with Gasteiger partial charge in [0.1, 0.15) is 0 Å². The number of hydrogen-bond donors (Lipinski definition) is 1. The summed E-state index contributed by atoms with van der Waals surface area (Å²) >= 11 is 0. The minimum atomic E-state index is 0.200. The van der Waals surface area contributed by atoms with Crippen LogP contribution in [0.4, 0.5) is 5.95 Å². The van der Waals surface area contributed by atoms with E-state index in [0.717, 1.165) is 11.6 Å². The largest absolute Gasteiger partial charge is 0.383 e. The average molecular weight is 263 g/mol. The van der Waals surface area contributed by atoms with Crippen LogP contribution >= 0.6 is 0 Å². The summed E-state index contributed by atoms with van der Waals surface area (Å²) in [4.78, 5) is 4.33. The van der Waals surface area contributed by atoms with Gasteiger partial charge >= 0.3 is 0 Å². The van der Waals surface area contributed by atoms with Crippen LogP contribution in [0.2, 0.25) is 0 Å². The third kappa shape index (κ3) is 3.14. The predicted octanol–water partition coefficient (Wildman–Crippen LogP) is 2.10. The first-order chi connectivity index (χ1) is 9.11. The van der Waals surface area contributed by atoms with Crippen LogP contribution in [0, 0.1) is 0 Å². The third-order valence-electron chi connectivity index (χ3n) is 2.83. The third-order valence-corrected chi connectivity index (χ3v) is 2.83. The van der Waals surface area contributed by atoms with Gasteiger partial charge in [-0.1, -0.05) is 0 Å². The molecule has 6 heteroatoms. The molecule has 6 nitrogen and oxygen atoms in total. The number of ether oxygens (including phenoxy) is 1. The molecule has 19 heavy (non-hydrogen) atoms. The summed E-state index contributed by atoms with van der Waals surface area (Å²) in [5, 5.41) is 7.66. The van der Waals surface area contributed by atoms with Gasteiger partial charge in [0.05, 0.1) is 18.5 Å². The van der Waals surface area contributed by atoms with Crippen LogP contribution < -0.4 is 5.32 Å². The SMILES string of the molecule is COCC(C)Nc1nccn1-c1cnn(C(C)C)c1. The first kappa shape index (κ1) is 13.6. The molecule has 0 aliphatic heterocycles. The smallest absolute Gasteiger partial charge is 0.207 e. The van der Waals surface area contributed by atoms with Crippen molar-refractivity contribution < 1.29 is 4.74 Å². The van der Waals surface area contributed by atoms with Gasteiger partial charge < -0.3 is 10.1 Å². The van der Waals surface area contributed by atoms with Gasteiger partial charge in [0.2, 0.25) is 5.95 Å². The maximum atomic E-state index is 5.12. The quantitative estimate of drug-likeness (QED) is 0.867. The van der Waals surface area contributed by atoms with Gasteiger partial charge in [-0.05, 0) is 20.8 Å². The Bertz CT molecular complexity index is 517. The van der Waals surface area contributed by atoms with E-state index >= 15 is 0 Å². The number of nitrogens with one attached hydrogen (secondary N) is 1. The zero-order valence-electron chi connectivity index (χ0n) is 11.9. The van der Waals surface area contributed by atoms with Crippen molar-refractivity contribution in [1.82, 2.24) is 19.3 Å². The van der Waals surface area contributed by atoms with Crippen LogP contribution in [0.5, 0.6) is 0 Å². The molecule has 0 fully saturated rings. The maximum absolute atomic E-state index is 5.12. The molecule has 2 heterocycles. The number of rotatable bonds is 6. The molecule has 104 valence electrons. The molecule has 0 aliphatic carbocycles. The fourth-order valence-electron chi connectivity index (χ4n) is 1.87. The van der Waals surface area contributed by atoms with Crippen molar-refractivity contribution in [2.45, 2.75) is 32.9 Å². The molecular formula is C13H21N5O. The molecule has 0 bridgehead atoms. The summed E-state index contributed by atoms with van der Waals surface area (Å²) < 4.78 is 9.03. The molecule has 0 saturated carbocycles. The first-order valence-corrected chi connectivity index (χ1v) is 6.45. The van der Waals surface area contributed by atoms with Gasteiger partial charge in [-0.2, -0.15) is 5.10 Å². The first-order valence-electron chi connectivity index (χ1n) is 6.45. The monoisotopic (exact) mass is 263 g/mol. The van der Waals surface area contributed by atoms with Crippen LogP contribution in [-0.2, 0) is 4.74 Å². The highest BCUT2D eigenvalue weighted by Crippen LogP contribution is 2.16. The minimum absolute atomic E-state index is 0.200. The Hall–Kier alpha value is -1.82. The summed E-state index contributed by atoms with van der Waals surface area (Å²) in [5.74, 6) is 0.799. The van der Waals surface area contributed by atoms with E-state index in [1.165, 1.54) is 0 Å². The summed E-state index contributed by atoms with van der Waals surface area (Å²) in [6.07, 6.45) is 7.55. The van der Waals surface area contributed by atoms with Crippen molar-refractivity contribution in [2.24, 2.45) is 0 Å². The number of aromatic nitrogens is 4. The van der Waals surface area contributed by atoms with Gasteiger partial charge in [-0.25, -0.2) is 4.98 Å². The molecule has 1 unspecified atom stereocenters. The Morgan fingerprint density at radius 3 is 2.79 bits per heavy atom. The van der Waals surface area contributed by atoms with E-state index in [0.29, 0.717) is 12.6 Å². The average Bonchev–Trinajstić information content (AvgIpc) is 2.96. The lowest BCUT2D eigenvalue weighted by molar-refractivity contribution is 0.190. The molecule has 2 aromatic heterocycles. The summed E-state index contributed by atoms with van der Waals surface area (Å²) in [5.41, 5.74) is 0.998. The number of methoxy groups -OCH3 is 1. The number of hydrogen-bond acceptors (Lipinski definition) is 4. The van der Waals surface area contributed by atoms with Crippen molar-refractivity contribution in [1.29, 1.82) is 0 Å². The molecule has 0 amide bonds. The van der Waals surface area contributed by atoms with Gasteiger partial charge in [0.25, 0.3) is 0 Å². The lowest BCUT2D eigenvalue weighted by Crippen LogP contribution is -2.22. The summed E-state index contributed by atoms with van der Waals surface area (Å²) in [7, 11) is 1.69. The Labute approximate surface area is 113 Å². The van der Waals surface area contributed by atoms with Gasteiger partial charge in [-0.3, -0.25) is 9.25 Å². The highest BCUT2D eigenvalue weighted by Gasteiger charge is 2.10. The van der Waals surface area contributed by atoms with E-state index in [-0.39, 0.29) is 6.04 Å². The Morgan fingerprint density at radius 2 is 2.16 bits per heavy atom. The minimum Gasteiger partial charge on any atom is -0.383 e. The molecule has 0 aromatic carbocycles. The topological polar surface area (TPSA) is 56.9 Å². The van der Waals surface area contributed by atoms with Crippen molar-refractivity contribution in [3.05, 3.63) is 24.8 Å². The van der Waals surface area contributed by atoms with Crippen molar-refractivity contribution in [2.75, 3.05) is 19.0 Å².